The number of nitrogens with one attached hydrogen (secondary N) is 1. The largest absolute Gasteiger partial charge is 0.490 e. The Balaban J connectivity index is 1.30. The van der Waals surface area contributed by atoms with Crippen LogP contribution in [0.3, 0.4) is 0 Å². The van der Waals surface area contributed by atoms with E-state index in [1.165, 1.54) is 38.5 Å². The third kappa shape index (κ3) is 4.39. The molecule has 2 aliphatic rings. The molecule has 0 unspecified atom stereocenters. The van der Waals surface area contributed by atoms with Gasteiger partial charge in [0.15, 0.2) is 0 Å². The van der Waals surface area contributed by atoms with E-state index in [4.69, 9.17) is 4.74 Å². The molecular weight excluding hydrogens is 354 g/mol. The molecule has 1 aromatic carbocycles. The second kappa shape index (κ2) is 8.52. The number of hydrogen-bond donors (Lipinski definition) is 1. The van der Waals surface area contributed by atoms with Gasteiger partial charge in [0.2, 0.25) is 0 Å². The lowest BCUT2D eigenvalue weighted by molar-refractivity contribution is 0.00892. The van der Waals surface area contributed by atoms with Crippen LogP contribution in [0.15, 0.2) is 53.5 Å². The molecular formula is C22H25N3O3. The molecule has 6 nitrogen and oxygen atoms in total. The lowest BCUT2D eigenvalue weighted by atomic mass is 9.86. The zero-order chi connectivity index (χ0) is 19.3. The number of hydrogen-bond acceptors (Lipinski definition) is 5. The second-order valence-corrected chi connectivity index (χ2v) is 7.49. The third-order valence-corrected chi connectivity index (χ3v) is 5.53. The molecule has 28 heavy (non-hydrogen) atoms. The van der Waals surface area contributed by atoms with Crippen LogP contribution in [-0.4, -0.2) is 41.0 Å². The van der Waals surface area contributed by atoms with Gasteiger partial charge in [-0.1, -0.05) is 12.5 Å². The number of rotatable bonds is 5. The topological polar surface area (TPSA) is 71.5 Å². The van der Waals surface area contributed by atoms with E-state index in [1.807, 2.05) is 12.1 Å². The third-order valence-electron chi connectivity index (χ3n) is 5.53. The van der Waals surface area contributed by atoms with Crippen LogP contribution in [0.4, 0.5) is 5.69 Å². The maximum atomic E-state index is 12.4. The molecule has 1 saturated heterocycles. The number of anilines is 1. The fourth-order valence-electron chi connectivity index (χ4n) is 3.84. The normalized spacial score (nSPS) is 22.1. The molecule has 1 aliphatic carbocycles. The zero-order valence-corrected chi connectivity index (χ0v) is 15.8. The molecule has 1 aliphatic heterocycles. The smallest absolute Gasteiger partial charge is 0.293 e. The molecule has 2 aromatic rings. The van der Waals surface area contributed by atoms with Gasteiger partial charge >= 0.3 is 0 Å². The predicted octanol–water partition coefficient (Wildman–Crippen LogP) is 3.09. The van der Waals surface area contributed by atoms with Crippen molar-refractivity contribution in [2.45, 2.75) is 44.2 Å². The van der Waals surface area contributed by atoms with Gasteiger partial charge in [-0.05, 0) is 62.3 Å². The molecule has 0 radical (unpaired) electrons. The summed E-state index contributed by atoms with van der Waals surface area (Å²) in [7, 11) is 0. The summed E-state index contributed by atoms with van der Waals surface area (Å²) < 4.78 is 6.04. The van der Waals surface area contributed by atoms with Gasteiger partial charge in [-0.3, -0.25) is 9.59 Å². The van der Waals surface area contributed by atoms with Crippen molar-refractivity contribution in [3.05, 3.63) is 64.6 Å². The Kier molecular flexibility index (Phi) is 5.67. The van der Waals surface area contributed by atoms with Gasteiger partial charge in [-0.2, -0.15) is 0 Å². The Hall–Kier alpha value is -2.73. The van der Waals surface area contributed by atoms with Crippen LogP contribution in [0.1, 0.15) is 42.5 Å². The van der Waals surface area contributed by atoms with Crippen LogP contribution in [-0.2, 0) is 0 Å². The van der Waals surface area contributed by atoms with Crippen molar-refractivity contribution < 1.29 is 9.53 Å². The summed E-state index contributed by atoms with van der Waals surface area (Å²) in [5, 5.41) is 2.61. The molecule has 1 amide bonds. The lowest BCUT2D eigenvalue weighted by Gasteiger charge is -2.44. The number of carbonyl (C=O) groups is 1. The summed E-state index contributed by atoms with van der Waals surface area (Å²) in [6.07, 6.45) is 7.80. The maximum absolute atomic E-state index is 12.4. The minimum atomic E-state index is -0.466. The summed E-state index contributed by atoms with van der Waals surface area (Å²) in [5.74, 6) is 0.432. The number of ether oxygens (including phenoxy) is 1. The molecule has 6 heteroatoms. The minimum Gasteiger partial charge on any atom is -0.490 e. The minimum absolute atomic E-state index is 0.161. The zero-order valence-electron chi connectivity index (χ0n) is 15.8. The van der Waals surface area contributed by atoms with Crippen molar-refractivity contribution in [2.24, 2.45) is 0 Å². The number of likely N-dealkylation sites (tertiary alicyclic amines) is 1. The maximum Gasteiger partial charge on any atom is 0.293 e. The van der Waals surface area contributed by atoms with Gasteiger partial charge in [-0.25, -0.2) is 4.98 Å². The number of nitrogens with zero attached hydrogens (tertiary/aromatic N) is 2. The van der Waals surface area contributed by atoms with Crippen molar-refractivity contribution in [2.75, 3.05) is 18.4 Å². The monoisotopic (exact) mass is 379 g/mol. The van der Waals surface area contributed by atoms with Crippen LogP contribution >= 0.6 is 0 Å². The van der Waals surface area contributed by atoms with E-state index in [0.717, 1.165) is 18.6 Å². The molecule has 2 fully saturated rings. The average Bonchev–Trinajstić information content (AvgIpc) is 2.90. The highest BCUT2D eigenvalue weighted by Crippen LogP contribution is 2.31. The Labute approximate surface area is 164 Å². The SMILES string of the molecule is O=C(Nc1ccccnc1=O)c1ccc(OC2CC(N3CCCCC3)C2)cc1. The Morgan fingerprint density at radius 3 is 2.54 bits per heavy atom. The fourth-order valence-corrected chi connectivity index (χ4v) is 3.84. The first kappa shape index (κ1) is 18.6. The van der Waals surface area contributed by atoms with E-state index in [0.29, 0.717) is 11.6 Å². The molecule has 4 rings (SSSR count). The van der Waals surface area contributed by atoms with E-state index < -0.39 is 5.56 Å². The molecule has 1 aromatic heterocycles. The molecule has 0 bridgehead atoms. The highest BCUT2D eigenvalue weighted by Gasteiger charge is 2.35. The summed E-state index contributed by atoms with van der Waals surface area (Å²) in [6.45, 7) is 2.45. The first-order valence-corrected chi connectivity index (χ1v) is 9.96. The van der Waals surface area contributed by atoms with Crippen LogP contribution in [0, 0.1) is 0 Å². The highest BCUT2D eigenvalue weighted by molar-refractivity contribution is 6.04. The molecule has 1 N–H and O–H groups in total. The molecule has 0 atom stereocenters. The quantitative estimate of drug-likeness (QED) is 0.864. The first-order valence-electron chi connectivity index (χ1n) is 9.96. The molecule has 2 heterocycles. The van der Waals surface area contributed by atoms with Gasteiger partial charge in [-0.15, -0.1) is 0 Å². The van der Waals surface area contributed by atoms with Crippen LogP contribution in [0.5, 0.6) is 5.75 Å². The Morgan fingerprint density at radius 1 is 1.04 bits per heavy atom. The van der Waals surface area contributed by atoms with Crippen molar-refractivity contribution >= 4 is 11.6 Å². The molecule has 0 spiro atoms. The van der Waals surface area contributed by atoms with Crippen LogP contribution in [0.2, 0.25) is 0 Å². The van der Waals surface area contributed by atoms with Gasteiger partial charge in [0.05, 0.1) is 0 Å². The van der Waals surface area contributed by atoms with E-state index in [1.54, 1.807) is 30.3 Å². The number of benzene rings is 1. The van der Waals surface area contributed by atoms with E-state index >= 15 is 0 Å². The van der Waals surface area contributed by atoms with Crippen molar-refractivity contribution in [3.63, 3.8) is 0 Å². The number of aromatic nitrogens is 1. The summed E-state index contributed by atoms with van der Waals surface area (Å²) >= 11 is 0. The van der Waals surface area contributed by atoms with E-state index in [9.17, 15) is 9.59 Å². The van der Waals surface area contributed by atoms with Crippen molar-refractivity contribution in [1.82, 2.24) is 9.88 Å². The first-order chi connectivity index (χ1) is 13.7. The lowest BCUT2D eigenvalue weighted by Crippen LogP contribution is -2.50. The Morgan fingerprint density at radius 2 is 1.79 bits per heavy atom. The van der Waals surface area contributed by atoms with Crippen LogP contribution in [0.25, 0.3) is 0 Å². The predicted molar refractivity (Wildman–Crippen MR) is 108 cm³/mol. The number of amides is 1. The standard InChI is InChI=1S/C22H25N3O3/c26-21(24-20-6-2-3-11-23-22(20)27)16-7-9-18(10-8-16)28-19-14-17(15-19)25-12-4-1-5-13-25/h2-3,6-11,17,19H,1,4-5,12-15H2,(H,23,24,26,27). The Bertz CT molecular complexity index is 873. The second-order valence-electron chi connectivity index (χ2n) is 7.49. The van der Waals surface area contributed by atoms with Gasteiger partial charge in [0, 0.05) is 30.6 Å². The molecule has 146 valence electrons. The highest BCUT2D eigenvalue weighted by atomic mass is 16.5. The van der Waals surface area contributed by atoms with Gasteiger partial charge in [0.1, 0.15) is 17.5 Å². The van der Waals surface area contributed by atoms with E-state index in [-0.39, 0.29) is 17.7 Å². The van der Waals surface area contributed by atoms with Crippen molar-refractivity contribution in [3.8, 4) is 5.75 Å². The van der Waals surface area contributed by atoms with Gasteiger partial charge in [0.25, 0.3) is 11.5 Å². The van der Waals surface area contributed by atoms with Crippen molar-refractivity contribution in [1.29, 1.82) is 0 Å². The van der Waals surface area contributed by atoms with Crippen LogP contribution < -0.4 is 15.6 Å². The van der Waals surface area contributed by atoms with E-state index in [2.05, 4.69) is 15.2 Å². The number of carbonyl (C=O) groups excluding carboxylic acids is 1. The number of piperidine rings is 1. The summed E-state index contributed by atoms with van der Waals surface area (Å²) in [6, 6.07) is 12.6. The average molecular weight is 379 g/mol. The molecule has 1 saturated carbocycles. The fraction of sp³-hybridized carbons (Fsp3) is 0.409. The summed E-state index contributed by atoms with van der Waals surface area (Å²) in [4.78, 5) is 30.4. The summed E-state index contributed by atoms with van der Waals surface area (Å²) in [5.41, 5.74) is 0.165. The van der Waals surface area contributed by atoms with Gasteiger partial charge < -0.3 is 15.0 Å².